The Morgan fingerprint density at radius 1 is 0.590 bits per heavy atom. The van der Waals surface area contributed by atoms with Gasteiger partial charge in [0.15, 0.2) is 0 Å². The van der Waals surface area contributed by atoms with Gasteiger partial charge in [0.25, 0.3) is 0 Å². The van der Waals surface area contributed by atoms with E-state index in [0.717, 1.165) is 33.8 Å². The lowest BCUT2D eigenvalue weighted by Gasteiger charge is -2.22. The Morgan fingerprint density at radius 3 is 1.31 bits per heavy atom. The number of hydrogen-bond acceptors (Lipinski definition) is 8. The quantitative estimate of drug-likeness (QED) is 0.0624. The second kappa shape index (κ2) is 16.4. The van der Waals surface area contributed by atoms with Gasteiger partial charge >= 0.3 is 32.6 Å². The zero-order chi connectivity index (χ0) is 43.5. The summed E-state index contributed by atoms with van der Waals surface area (Å²) in [4.78, 5) is 0.815. The van der Waals surface area contributed by atoms with E-state index in [4.69, 9.17) is 0 Å². The molecular weight excluding hydrogens is 887 g/mol. The fourth-order valence-electron chi connectivity index (χ4n) is 8.48. The van der Waals surface area contributed by atoms with E-state index in [9.17, 15) is 25.9 Å². The number of fused-ring (bicyclic) bond motifs is 6. The molecule has 2 aliphatic rings. The molecular formula is C41H38F6N4O6S4. The summed E-state index contributed by atoms with van der Waals surface area (Å²) in [7, 11) is -9.16. The highest BCUT2D eigenvalue weighted by atomic mass is 32.3. The summed E-state index contributed by atoms with van der Waals surface area (Å²) in [6.45, 7) is 0.177. The molecule has 324 valence electrons. The SMILES string of the molecule is O=S(=O)(O)c1cc2c(s1)-c1c(c(C(CCCCCC(c3nn(Cc4ccccc4)c4c3CCc3cc(S(=O)(=O)O)sc3-4)C(F)(F)F)C(F)(F)F)nn1Cc1ccccc1)CC2. The highest BCUT2D eigenvalue weighted by Crippen LogP contribution is 2.49. The van der Waals surface area contributed by atoms with E-state index in [1.165, 1.54) is 21.5 Å². The average Bonchev–Trinajstić information content (AvgIpc) is 3.97. The van der Waals surface area contributed by atoms with E-state index in [-0.39, 0.29) is 77.8 Å². The molecule has 0 amide bonds. The minimum atomic E-state index is -4.76. The third kappa shape index (κ3) is 8.97. The Balaban J connectivity index is 1.06. The van der Waals surface area contributed by atoms with Crippen molar-refractivity contribution in [1.82, 2.24) is 19.6 Å². The first-order chi connectivity index (χ1) is 28.8. The van der Waals surface area contributed by atoms with Crippen molar-refractivity contribution in [3.8, 4) is 21.1 Å². The Bertz CT molecular complexity index is 2600. The number of unbranched alkanes of at least 4 members (excludes halogenated alkanes) is 2. The smallest absolute Gasteiger partial charge is 0.281 e. The zero-order valence-electron chi connectivity index (χ0n) is 32.1. The molecule has 0 bridgehead atoms. The number of thiophene rings is 2. The van der Waals surface area contributed by atoms with Crippen LogP contribution in [-0.4, -0.2) is 57.9 Å². The van der Waals surface area contributed by atoms with E-state index < -0.39 is 57.3 Å². The summed E-state index contributed by atoms with van der Waals surface area (Å²) in [5.74, 6) is -4.10. The van der Waals surface area contributed by atoms with Crippen LogP contribution in [0.2, 0.25) is 0 Å². The fourth-order valence-corrected chi connectivity index (χ4v) is 12.4. The van der Waals surface area contributed by atoms with Gasteiger partial charge in [-0.3, -0.25) is 18.5 Å². The Morgan fingerprint density at radius 2 is 0.967 bits per heavy atom. The van der Waals surface area contributed by atoms with E-state index in [1.807, 2.05) is 0 Å². The van der Waals surface area contributed by atoms with Gasteiger partial charge in [-0.05, 0) is 72.9 Å². The average molecular weight is 925 g/mol. The van der Waals surface area contributed by atoms with Crippen molar-refractivity contribution in [1.29, 1.82) is 0 Å². The van der Waals surface area contributed by atoms with Crippen LogP contribution in [0.15, 0.2) is 81.2 Å². The molecule has 20 heteroatoms. The van der Waals surface area contributed by atoms with Crippen molar-refractivity contribution in [3.05, 3.63) is 118 Å². The lowest BCUT2D eigenvalue weighted by molar-refractivity contribution is -0.153. The van der Waals surface area contributed by atoms with Crippen LogP contribution in [0, 0.1) is 0 Å². The van der Waals surface area contributed by atoms with Gasteiger partial charge in [0.1, 0.15) is 8.42 Å². The summed E-state index contributed by atoms with van der Waals surface area (Å²) in [5, 5.41) is 9.03. The van der Waals surface area contributed by atoms with Crippen LogP contribution in [0.5, 0.6) is 0 Å². The van der Waals surface area contributed by atoms with Crippen molar-refractivity contribution >= 4 is 42.9 Å². The Hall–Kier alpha value is -4.34. The van der Waals surface area contributed by atoms with Gasteiger partial charge in [-0.1, -0.05) is 79.9 Å². The maximum absolute atomic E-state index is 15.0. The first-order valence-electron chi connectivity index (χ1n) is 19.4. The molecule has 2 atom stereocenters. The molecule has 0 spiro atoms. The van der Waals surface area contributed by atoms with Crippen molar-refractivity contribution in [2.75, 3.05) is 0 Å². The van der Waals surface area contributed by atoms with Crippen LogP contribution < -0.4 is 0 Å². The number of aryl methyl sites for hydroxylation is 2. The first-order valence-corrected chi connectivity index (χ1v) is 23.9. The zero-order valence-corrected chi connectivity index (χ0v) is 35.3. The molecule has 4 aromatic heterocycles. The molecule has 6 aromatic rings. The van der Waals surface area contributed by atoms with Gasteiger partial charge in [-0.15, -0.1) is 22.7 Å². The monoisotopic (exact) mass is 924 g/mol. The van der Waals surface area contributed by atoms with Gasteiger partial charge in [-0.2, -0.15) is 53.4 Å². The molecule has 4 heterocycles. The Kier molecular flexibility index (Phi) is 11.7. The molecule has 8 rings (SSSR count). The van der Waals surface area contributed by atoms with Gasteiger partial charge in [-0.25, -0.2) is 0 Å². The standard InChI is InChI=1S/C41H38F6N4O6S4/c42-40(43,44)30(34-28-18-16-26-20-32(60(52,53)54)58-38(26)36(28)50(48-34)22-24-10-4-1-5-11-24)14-8-3-9-15-31(41(45,46)47)35-29-19-17-27-21-33(61(55,56)57)59-39(27)37(29)51(49-35)23-25-12-6-2-7-13-25/h1-2,4-7,10-13,20-21,30-31H,3,8-9,14-19,22-23H2,(H,52,53,54)(H,55,56,57). The third-order valence-electron chi connectivity index (χ3n) is 11.2. The van der Waals surface area contributed by atoms with Crippen molar-refractivity contribution < 1.29 is 52.3 Å². The van der Waals surface area contributed by atoms with Gasteiger partial charge in [0.05, 0.1) is 57.5 Å². The van der Waals surface area contributed by atoms with Crippen LogP contribution in [0.4, 0.5) is 26.3 Å². The van der Waals surface area contributed by atoms with E-state index in [2.05, 4.69) is 10.2 Å². The second-order valence-corrected chi connectivity index (χ2v) is 20.7. The summed E-state index contributed by atoms with van der Waals surface area (Å²) >= 11 is 1.53. The minimum Gasteiger partial charge on any atom is -0.281 e. The topological polar surface area (TPSA) is 144 Å². The van der Waals surface area contributed by atoms with E-state index in [1.54, 1.807) is 60.7 Å². The van der Waals surface area contributed by atoms with Crippen LogP contribution in [0.3, 0.4) is 0 Å². The number of halogens is 6. The van der Waals surface area contributed by atoms with Crippen LogP contribution in [0.1, 0.15) is 88.7 Å². The lowest BCUT2D eigenvalue weighted by Crippen LogP contribution is -2.24. The lowest BCUT2D eigenvalue weighted by atomic mass is 9.87. The maximum atomic E-state index is 15.0. The molecule has 0 fully saturated rings. The molecule has 2 aromatic carbocycles. The van der Waals surface area contributed by atoms with E-state index >= 15 is 26.3 Å². The van der Waals surface area contributed by atoms with Crippen molar-refractivity contribution in [3.63, 3.8) is 0 Å². The molecule has 61 heavy (non-hydrogen) atoms. The van der Waals surface area contributed by atoms with Crippen molar-refractivity contribution in [2.45, 2.75) is 103 Å². The molecule has 0 aliphatic heterocycles. The number of rotatable bonds is 14. The molecule has 2 unspecified atom stereocenters. The molecule has 0 radical (unpaired) electrons. The highest BCUT2D eigenvalue weighted by Gasteiger charge is 2.46. The number of hydrogen-bond donors (Lipinski definition) is 2. The first kappa shape index (κ1) is 43.3. The van der Waals surface area contributed by atoms with Gasteiger partial charge in [0, 0.05) is 11.1 Å². The summed E-state index contributed by atoms with van der Waals surface area (Å²) in [6.07, 6.45) is -9.77. The summed E-state index contributed by atoms with van der Waals surface area (Å²) < 4.78 is 160. The molecule has 0 saturated heterocycles. The van der Waals surface area contributed by atoms with Gasteiger partial charge < -0.3 is 0 Å². The molecule has 0 saturated carbocycles. The fraction of sp³-hybridized carbons (Fsp3) is 0.366. The number of alkyl halides is 6. The predicted octanol–water partition coefficient (Wildman–Crippen LogP) is 10.3. The molecule has 2 N–H and O–H groups in total. The van der Waals surface area contributed by atoms with Crippen molar-refractivity contribution in [2.24, 2.45) is 0 Å². The largest absolute Gasteiger partial charge is 0.397 e. The van der Waals surface area contributed by atoms with Crippen LogP contribution in [0.25, 0.3) is 21.1 Å². The minimum absolute atomic E-state index is 0.0403. The van der Waals surface area contributed by atoms with Gasteiger partial charge in [0.2, 0.25) is 0 Å². The number of benzene rings is 2. The second-order valence-electron chi connectivity index (χ2n) is 15.3. The normalized spacial score (nSPS) is 15.2. The predicted molar refractivity (Wildman–Crippen MR) is 217 cm³/mol. The maximum Gasteiger partial charge on any atom is 0.397 e. The van der Waals surface area contributed by atoms with Crippen LogP contribution >= 0.6 is 22.7 Å². The summed E-state index contributed by atoms with van der Waals surface area (Å²) in [5.41, 5.74) is 3.54. The summed E-state index contributed by atoms with van der Waals surface area (Å²) in [6, 6.07) is 20.5. The Labute approximate surface area is 355 Å². The third-order valence-corrected chi connectivity index (χ3v) is 16.2. The molecule has 10 nitrogen and oxygen atoms in total. The highest BCUT2D eigenvalue weighted by molar-refractivity contribution is 7.88. The van der Waals surface area contributed by atoms with Crippen LogP contribution in [-0.2, 0) is 59.0 Å². The molecule has 2 aliphatic carbocycles. The number of nitrogens with zero attached hydrogens (tertiary/aromatic N) is 4. The van der Waals surface area contributed by atoms with E-state index in [0.29, 0.717) is 43.4 Å². The number of aromatic nitrogens is 4.